The van der Waals surface area contributed by atoms with Crippen LogP contribution in [0.4, 0.5) is 18.9 Å². The van der Waals surface area contributed by atoms with Crippen molar-refractivity contribution in [2.45, 2.75) is 19.0 Å². The van der Waals surface area contributed by atoms with Crippen LogP contribution in [-0.4, -0.2) is 37.6 Å². The molecule has 0 N–H and O–H groups in total. The Hall–Kier alpha value is -0.940. The van der Waals surface area contributed by atoms with E-state index in [-0.39, 0.29) is 11.4 Å². The van der Waals surface area contributed by atoms with Crippen LogP contribution < -0.4 is 4.90 Å². The van der Waals surface area contributed by atoms with Gasteiger partial charge in [0.05, 0.1) is 5.56 Å². The molecule has 1 saturated heterocycles. The minimum absolute atomic E-state index is 0.126. The number of benzene rings is 1. The van der Waals surface area contributed by atoms with Crippen LogP contribution in [0.25, 0.3) is 0 Å². The van der Waals surface area contributed by atoms with Gasteiger partial charge in [-0.3, -0.25) is 0 Å². The zero-order chi connectivity index (χ0) is 14.8. The van der Waals surface area contributed by atoms with Crippen molar-refractivity contribution in [1.29, 1.82) is 0 Å². The molecule has 0 aliphatic carbocycles. The number of rotatable bonds is 3. The first-order chi connectivity index (χ1) is 9.45. The maximum absolute atomic E-state index is 13.0. The molecule has 0 bridgehead atoms. The summed E-state index contributed by atoms with van der Waals surface area (Å²) in [6.45, 7) is 6.35. The summed E-state index contributed by atoms with van der Waals surface area (Å²) in [6, 6.07) is 4.44. The minimum Gasteiger partial charge on any atom is -0.369 e. The maximum atomic E-state index is 13.0. The summed E-state index contributed by atoms with van der Waals surface area (Å²) in [5.74, 6) is -0.126. The number of hydrogen-bond donors (Lipinski definition) is 0. The lowest BCUT2D eigenvalue weighted by molar-refractivity contribution is -0.138. The van der Waals surface area contributed by atoms with Gasteiger partial charge in [-0.15, -0.1) is 11.6 Å². The Morgan fingerprint density at radius 1 is 1.15 bits per heavy atom. The summed E-state index contributed by atoms with van der Waals surface area (Å²) in [5, 5.41) is 0. The van der Waals surface area contributed by atoms with Gasteiger partial charge in [-0.25, -0.2) is 0 Å². The smallest absolute Gasteiger partial charge is 0.369 e. The van der Waals surface area contributed by atoms with Gasteiger partial charge >= 0.3 is 6.18 Å². The fourth-order valence-electron chi connectivity index (χ4n) is 2.46. The number of nitrogens with zero attached hydrogens (tertiary/aromatic N) is 2. The van der Waals surface area contributed by atoms with E-state index in [9.17, 15) is 13.2 Å². The third-order valence-electron chi connectivity index (χ3n) is 3.73. The molecule has 6 heteroatoms. The van der Waals surface area contributed by atoms with E-state index in [4.69, 9.17) is 11.6 Å². The summed E-state index contributed by atoms with van der Waals surface area (Å²) < 4.78 is 39.0. The molecule has 0 saturated carbocycles. The van der Waals surface area contributed by atoms with E-state index in [1.165, 1.54) is 12.1 Å². The Kier molecular flexibility index (Phi) is 4.81. The van der Waals surface area contributed by atoms with Gasteiger partial charge in [0.15, 0.2) is 0 Å². The normalized spacial score (nSPS) is 17.6. The molecule has 1 aromatic carbocycles. The SMILES string of the molecule is CCN1CCN(c2ccc(CCl)c(C(F)(F)F)c2)CC1. The summed E-state index contributed by atoms with van der Waals surface area (Å²) in [5.41, 5.74) is 0.139. The van der Waals surface area contributed by atoms with Crippen LogP contribution in [0.3, 0.4) is 0 Å². The lowest BCUT2D eigenvalue weighted by Gasteiger charge is -2.35. The molecule has 20 heavy (non-hydrogen) atoms. The van der Waals surface area contributed by atoms with E-state index >= 15 is 0 Å². The van der Waals surface area contributed by atoms with Crippen molar-refractivity contribution in [2.75, 3.05) is 37.6 Å². The van der Waals surface area contributed by atoms with Crippen LogP contribution >= 0.6 is 11.6 Å². The Balaban J connectivity index is 2.21. The van der Waals surface area contributed by atoms with E-state index in [1.807, 2.05) is 4.90 Å². The fraction of sp³-hybridized carbons (Fsp3) is 0.571. The second-order valence-electron chi connectivity index (χ2n) is 4.89. The van der Waals surface area contributed by atoms with E-state index in [0.29, 0.717) is 5.69 Å². The molecule has 2 nitrogen and oxygen atoms in total. The summed E-state index contributed by atoms with van der Waals surface area (Å²) in [4.78, 5) is 4.29. The second kappa shape index (κ2) is 6.22. The second-order valence-corrected chi connectivity index (χ2v) is 5.16. The van der Waals surface area contributed by atoms with Gasteiger partial charge in [0.1, 0.15) is 0 Å². The quantitative estimate of drug-likeness (QED) is 0.788. The molecule has 0 amide bonds. The average Bonchev–Trinajstić information content (AvgIpc) is 2.46. The molecule has 1 aliphatic heterocycles. The zero-order valence-electron chi connectivity index (χ0n) is 11.4. The molecule has 1 aliphatic rings. The maximum Gasteiger partial charge on any atom is 0.416 e. The van der Waals surface area contributed by atoms with Crippen LogP contribution in [0, 0.1) is 0 Å². The number of piperazine rings is 1. The topological polar surface area (TPSA) is 6.48 Å². The molecule has 0 spiro atoms. The van der Waals surface area contributed by atoms with Crippen LogP contribution in [-0.2, 0) is 12.1 Å². The molecular formula is C14H18ClF3N2. The Morgan fingerprint density at radius 3 is 2.30 bits per heavy atom. The molecule has 0 aromatic heterocycles. The van der Waals surface area contributed by atoms with Crippen LogP contribution in [0.1, 0.15) is 18.1 Å². The lowest BCUT2D eigenvalue weighted by atomic mass is 10.1. The fourth-order valence-corrected chi connectivity index (χ4v) is 2.70. The van der Waals surface area contributed by atoms with Crippen LogP contribution in [0.2, 0.25) is 0 Å². The number of hydrogen-bond acceptors (Lipinski definition) is 2. The number of likely N-dealkylation sites (N-methyl/N-ethyl adjacent to an activating group) is 1. The predicted molar refractivity (Wildman–Crippen MR) is 75.3 cm³/mol. The third-order valence-corrected chi connectivity index (χ3v) is 4.02. The first-order valence-corrected chi connectivity index (χ1v) is 7.22. The lowest BCUT2D eigenvalue weighted by Crippen LogP contribution is -2.46. The van der Waals surface area contributed by atoms with Crippen molar-refractivity contribution in [3.8, 4) is 0 Å². The van der Waals surface area contributed by atoms with Gasteiger partial charge < -0.3 is 9.80 Å². The molecule has 0 unspecified atom stereocenters. The van der Waals surface area contributed by atoms with Gasteiger partial charge in [-0.2, -0.15) is 13.2 Å². The van der Waals surface area contributed by atoms with Crippen molar-refractivity contribution in [3.63, 3.8) is 0 Å². The standard InChI is InChI=1S/C14H18ClF3N2/c1-2-19-5-7-20(8-6-19)12-4-3-11(10-15)13(9-12)14(16,17)18/h3-4,9H,2,5-8,10H2,1H3. The third kappa shape index (κ3) is 3.38. The van der Waals surface area contributed by atoms with Gasteiger partial charge in [0.2, 0.25) is 0 Å². The van der Waals surface area contributed by atoms with Crippen molar-refractivity contribution in [3.05, 3.63) is 29.3 Å². The first-order valence-electron chi connectivity index (χ1n) is 6.69. The van der Waals surface area contributed by atoms with E-state index in [2.05, 4.69) is 11.8 Å². The Morgan fingerprint density at radius 2 is 1.80 bits per heavy atom. The summed E-state index contributed by atoms with van der Waals surface area (Å²) in [7, 11) is 0. The monoisotopic (exact) mass is 306 g/mol. The Bertz CT molecular complexity index is 454. The average molecular weight is 307 g/mol. The van der Waals surface area contributed by atoms with Crippen LogP contribution in [0.5, 0.6) is 0 Å². The molecule has 1 fully saturated rings. The highest BCUT2D eigenvalue weighted by Gasteiger charge is 2.33. The van der Waals surface area contributed by atoms with E-state index in [1.54, 1.807) is 6.07 Å². The summed E-state index contributed by atoms with van der Waals surface area (Å²) in [6.07, 6.45) is -4.36. The van der Waals surface area contributed by atoms with Gasteiger partial charge in [-0.1, -0.05) is 13.0 Å². The van der Waals surface area contributed by atoms with Crippen molar-refractivity contribution in [2.24, 2.45) is 0 Å². The zero-order valence-corrected chi connectivity index (χ0v) is 12.1. The highest BCUT2D eigenvalue weighted by molar-refractivity contribution is 6.17. The van der Waals surface area contributed by atoms with Gasteiger partial charge in [0, 0.05) is 37.7 Å². The predicted octanol–water partition coefficient (Wildman–Crippen LogP) is 3.59. The number of halogens is 4. The van der Waals surface area contributed by atoms with E-state index < -0.39 is 11.7 Å². The molecule has 1 heterocycles. The molecule has 1 aromatic rings. The molecule has 0 radical (unpaired) electrons. The highest BCUT2D eigenvalue weighted by atomic mass is 35.5. The minimum atomic E-state index is -4.36. The summed E-state index contributed by atoms with van der Waals surface area (Å²) >= 11 is 5.59. The molecule has 2 rings (SSSR count). The molecular weight excluding hydrogens is 289 g/mol. The van der Waals surface area contributed by atoms with E-state index in [0.717, 1.165) is 32.7 Å². The van der Waals surface area contributed by atoms with Crippen LogP contribution in [0.15, 0.2) is 18.2 Å². The van der Waals surface area contributed by atoms with Crippen molar-refractivity contribution >= 4 is 17.3 Å². The molecule has 0 atom stereocenters. The van der Waals surface area contributed by atoms with Crippen molar-refractivity contribution < 1.29 is 13.2 Å². The molecule has 112 valence electrons. The number of anilines is 1. The number of alkyl halides is 4. The van der Waals surface area contributed by atoms with Gasteiger partial charge in [-0.05, 0) is 24.2 Å². The largest absolute Gasteiger partial charge is 0.416 e. The first kappa shape index (κ1) is 15.4. The Labute approximate surface area is 122 Å². The van der Waals surface area contributed by atoms with Gasteiger partial charge in [0.25, 0.3) is 0 Å². The highest BCUT2D eigenvalue weighted by Crippen LogP contribution is 2.35. The van der Waals surface area contributed by atoms with Crippen molar-refractivity contribution in [1.82, 2.24) is 4.90 Å².